The summed E-state index contributed by atoms with van der Waals surface area (Å²) in [5.74, 6) is -0.866. The maximum absolute atomic E-state index is 13.3. The molecule has 0 bridgehead atoms. The Morgan fingerprint density at radius 2 is 1.87 bits per heavy atom. The number of amidine groups is 1. The van der Waals surface area contributed by atoms with Crippen LogP contribution in [0.15, 0.2) is 53.5 Å². The highest BCUT2D eigenvalue weighted by molar-refractivity contribution is 8.16. The van der Waals surface area contributed by atoms with E-state index in [1.54, 1.807) is 24.3 Å². The van der Waals surface area contributed by atoms with Crippen LogP contribution in [0.25, 0.3) is 0 Å². The molecular weight excluding hydrogens is 473 g/mol. The van der Waals surface area contributed by atoms with Crippen molar-refractivity contribution in [1.82, 2.24) is 0 Å². The number of halogens is 4. The van der Waals surface area contributed by atoms with Crippen LogP contribution in [-0.4, -0.2) is 42.3 Å². The summed E-state index contributed by atoms with van der Waals surface area (Å²) in [4.78, 5) is 18.0. The van der Waals surface area contributed by atoms with Gasteiger partial charge in [0, 0.05) is 5.25 Å². The molecule has 4 rings (SSSR count). The van der Waals surface area contributed by atoms with Gasteiger partial charge in [-0.15, -0.1) is 0 Å². The molecule has 5 nitrogen and oxygen atoms in total. The highest BCUT2D eigenvalue weighted by atomic mass is 35.5. The number of fused-ring (bicyclic) bond motifs is 1. The van der Waals surface area contributed by atoms with Crippen LogP contribution in [0, 0.1) is 0 Å². The number of aliphatic imine (C=N–C) groups is 1. The van der Waals surface area contributed by atoms with Gasteiger partial charge in [-0.2, -0.15) is 18.2 Å². The molecule has 0 aromatic heterocycles. The number of sulfone groups is 1. The number of alkyl halides is 3. The molecule has 2 aromatic rings. The topological polar surface area (TPSA) is 66.8 Å². The lowest BCUT2D eigenvalue weighted by Crippen LogP contribution is -2.38. The Morgan fingerprint density at radius 3 is 2.55 bits per heavy atom. The standard InChI is InChI=1S/C20H16ClF3N2O3S2/c21-14-7-6-13(20(22,23)24)9-15(14)26-16-10-31(28,29)11-17(16)30-19(26)25-18(27)8-12-4-2-1-3-5-12/h1-7,9,16-17H,8,10-11H2/t16-,17-/m1/s1. The fourth-order valence-corrected chi connectivity index (χ4v) is 7.77. The zero-order valence-corrected chi connectivity index (χ0v) is 18.2. The first-order valence-corrected chi connectivity index (χ1v) is 12.3. The van der Waals surface area contributed by atoms with Gasteiger partial charge in [0.2, 0.25) is 0 Å². The number of hydrogen-bond donors (Lipinski definition) is 0. The summed E-state index contributed by atoms with van der Waals surface area (Å²) >= 11 is 7.30. The maximum Gasteiger partial charge on any atom is 0.416 e. The molecule has 164 valence electrons. The normalized spacial score (nSPS) is 23.9. The number of hydrogen-bond acceptors (Lipinski definition) is 4. The van der Waals surface area contributed by atoms with Crippen molar-refractivity contribution >= 4 is 50.0 Å². The first-order valence-electron chi connectivity index (χ1n) is 9.22. The predicted octanol–water partition coefficient (Wildman–Crippen LogP) is 4.20. The fraction of sp³-hybridized carbons (Fsp3) is 0.300. The quantitative estimate of drug-likeness (QED) is 0.647. The second-order valence-corrected chi connectivity index (χ2v) is 11.1. The summed E-state index contributed by atoms with van der Waals surface area (Å²) < 4.78 is 64.1. The van der Waals surface area contributed by atoms with Crippen LogP contribution in [0.2, 0.25) is 5.02 Å². The molecule has 0 unspecified atom stereocenters. The number of amides is 1. The number of benzene rings is 2. The predicted molar refractivity (Wildman–Crippen MR) is 115 cm³/mol. The summed E-state index contributed by atoms with van der Waals surface area (Å²) in [5, 5.41) is -0.271. The van der Waals surface area contributed by atoms with Gasteiger partial charge in [0.25, 0.3) is 5.91 Å². The first kappa shape index (κ1) is 22.2. The average Bonchev–Trinajstić information content (AvgIpc) is 3.13. The number of anilines is 1. The Hall–Kier alpha value is -2.04. The van der Waals surface area contributed by atoms with E-state index >= 15 is 0 Å². The van der Waals surface area contributed by atoms with Crippen molar-refractivity contribution in [1.29, 1.82) is 0 Å². The smallest absolute Gasteiger partial charge is 0.314 e. The number of carbonyl (C=O) groups is 1. The number of nitrogens with zero attached hydrogens (tertiary/aromatic N) is 2. The van der Waals surface area contributed by atoms with Crippen molar-refractivity contribution in [3.63, 3.8) is 0 Å². The van der Waals surface area contributed by atoms with Gasteiger partial charge in [-0.3, -0.25) is 4.79 Å². The maximum atomic E-state index is 13.3. The van der Waals surface area contributed by atoms with Gasteiger partial charge in [-0.1, -0.05) is 53.7 Å². The van der Waals surface area contributed by atoms with Gasteiger partial charge in [0.05, 0.1) is 40.2 Å². The largest absolute Gasteiger partial charge is 0.416 e. The molecular formula is C20H16ClF3N2O3S2. The van der Waals surface area contributed by atoms with E-state index in [0.717, 1.165) is 35.5 Å². The van der Waals surface area contributed by atoms with E-state index in [9.17, 15) is 26.4 Å². The van der Waals surface area contributed by atoms with Crippen molar-refractivity contribution in [2.24, 2.45) is 4.99 Å². The van der Waals surface area contributed by atoms with Crippen LogP contribution in [0.3, 0.4) is 0 Å². The Bertz CT molecular complexity index is 1150. The molecule has 0 spiro atoms. The molecule has 2 aliphatic rings. The highest BCUT2D eigenvalue weighted by Gasteiger charge is 2.50. The second-order valence-electron chi connectivity index (χ2n) is 7.28. The van der Waals surface area contributed by atoms with E-state index in [-0.39, 0.29) is 33.8 Å². The summed E-state index contributed by atoms with van der Waals surface area (Å²) in [6.45, 7) is 0. The zero-order chi connectivity index (χ0) is 22.4. The van der Waals surface area contributed by atoms with Crippen molar-refractivity contribution in [3.05, 3.63) is 64.7 Å². The summed E-state index contributed by atoms with van der Waals surface area (Å²) in [7, 11) is -3.37. The average molecular weight is 489 g/mol. The molecule has 0 aliphatic carbocycles. The third kappa shape index (κ3) is 4.75. The summed E-state index contributed by atoms with van der Waals surface area (Å²) in [6.07, 6.45) is -4.59. The van der Waals surface area contributed by atoms with Crippen LogP contribution in [0.4, 0.5) is 18.9 Å². The lowest BCUT2D eigenvalue weighted by Gasteiger charge is -2.26. The minimum Gasteiger partial charge on any atom is -0.314 e. The molecule has 11 heteroatoms. The Balaban J connectivity index is 1.73. The number of thioether (sulfide) groups is 1. The van der Waals surface area contributed by atoms with Crippen molar-refractivity contribution in [3.8, 4) is 0 Å². The molecule has 2 heterocycles. The second kappa shape index (κ2) is 8.14. The van der Waals surface area contributed by atoms with E-state index in [1.807, 2.05) is 6.07 Å². The van der Waals surface area contributed by atoms with Crippen LogP contribution < -0.4 is 4.90 Å². The van der Waals surface area contributed by atoms with Crippen molar-refractivity contribution in [2.75, 3.05) is 16.4 Å². The molecule has 2 aliphatic heterocycles. The van der Waals surface area contributed by atoms with Gasteiger partial charge >= 0.3 is 6.18 Å². The monoisotopic (exact) mass is 488 g/mol. The van der Waals surface area contributed by atoms with Crippen molar-refractivity contribution < 1.29 is 26.4 Å². The van der Waals surface area contributed by atoms with Crippen LogP contribution in [0.5, 0.6) is 0 Å². The lowest BCUT2D eigenvalue weighted by atomic mass is 10.1. The summed E-state index contributed by atoms with van der Waals surface area (Å²) in [5.41, 5.74) is -0.192. The van der Waals surface area contributed by atoms with E-state index in [1.165, 1.54) is 4.90 Å². The van der Waals surface area contributed by atoms with E-state index in [4.69, 9.17) is 11.6 Å². The number of rotatable bonds is 3. The molecule has 2 atom stereocenters. The minimum absolute atomic E-state index is 0.0140. The van der Waals surface area contributed by atoms with Gasteiger partial charge in [-0.05, 0) is 23.8 Å². The molecule has 2 saturated heterocycles. The number of carbonyl (C=O) groups excluding carboxylic acids is 1. The molecule has 0 radical (unpaired) electrons. The molecule has 31 heavy (non-hydrogen) atoms. The lowest BCUT2D eigenvalue weighted by molar-refractivity contribution is -0.137. The zero-order valence-electron chi connectivity index (χ0n) is 15.8. The van der Waals surface area contributed by atoms with Gasteiger partial charge < -0.3 is 4.90 Å². The third-order valence-corrected chi connectivity index (χ3v) is 8.55. The molecule has 1 amide bonds. The Kier molecular flexibility index (Phi) is 5.82. The van der Waals surface area contributed by atoms with Gasteiger partial charge in [0.15, 0.2) is 15.0 Å². The summed E-state index contributed by atoms with van der Waals surface area (Å²) in [6, 6.07) is 11.1. The van der Waals surface area contributed by atoms with Crippen LogP contribution in [0.1, 0.15) is 11.1 Å². The molecule has 2 aromatic carbocycles. The van der Waals surface area contributed by atoms with Crippen LogP contribution in [-0.2, 0) is 27.2 Å². The molecule has 0 saturated carbocycles. The molecule has 0 N–H and O–H groups in total. The SMILES string of the molecule is O=C(Cc1ccccc1)N=C1S[C@@H]2CS(=O)(=O)C[C@H]2N1c1cc(C(F)(F)F)ccc1Cl. The van der Waals surface area contributed by atoms with E-state index < -0.39 is 38.8 Å². The highest BCUT2D eigenvalue weighted by Crippen LogP contribution is 2.44. The van der Waals surface area contributed by atoms with Crippen molar-refractivity contribution in [2.45, 2.75) is 23.9 Å². The third-order valence-electron chi connectivity index (χ3n) is 5.02. The minimum atomic E-state index is -4.60. The van der Waals surface area contributed by atoms with Crippen LogP contribution >= 0.6 is 23.4 Å². The van der Waals surface area contributed by atoms with Gasteiger partial charge in [0.1, 0.15) is 0 Å². The molecule has 2 fully saturated rings. The Labute approximate surface area is 186 Å². The van der Waals surface area contributed by atoms with Gasteiger partial charge in [-0.25, -0.2) is 8.42 Å². The van der Waals surface area contributed by atoms with E-state index in [2.05, 4.69) is 4.99 Å². The van der Waals surface area contributed by atoms with E-state index in [0.29, 0.717) is 0 Å². The fourth-order valence-electron chi connectivity index (χ4n) is 3.64. The first-order chi connectivity index (χ1) is 14.5. The Morgan fingerprint density at radius 1 is 1.16 bits per heavy atom.